The van der Waals surface area contributed by atoms with Crippen molar-refractivity contribution in [2.24, 2.45) is 4.99 Å². The first-order valence-electron chi connectivity index (χ1n) is 14.1. The lowest BCUT2D eigenvalue weighted by atomic mass is 9.95. The summed E-state index contributed by atoms with van der Waals surface area (Å²) in [6.45, 7) is 1.93. The Balaban J connectivity index is 1.41. The van der Waals surface area contributed by atoms with Crippen LogP contribution in [-0.4, -0.2) is 16.4 Å². The first kappa shape index (κ1) is 28.6. The van der Waals surface area contributed by atoms with Crippen LogP contribution in [-0.2, 0) is 16.1 Å². The van der Waals surface area contributed by atoms with E-state index in [4.69, 9.17) is 11.6 Å². The topological polar surface area (TPSA) is 83.8 Å². The van der Waals surface area contributed by atoms with Crippen LogP contribution in [0.3, 0.4) is 0 Å². The minimum absolute atomic E-state index is 0.206. The van der Waals surface area contributed by atoms with E-state index in [9.17, 15) is 18.8 Å². The Morgan fingerprint density at radius 2 is 1.62 bits per heavy atom. The molecule has 2 amide bonds. The van der Waals surface area contributed by atoms with Crippen molar-refractivity contribution in [1.29, 1.82) is 0 Å². The van der Waals surface area contributed by atoms with Crippen LogP contribution in [0.5, 0.6) is 0 Å². The average Bonchev–Trinajstić information content (AvgIpc) is 3.50. The predicted octanol–water partition coefficient (Wildman–Crippen LogP) is 5.58. The van der Waals surface area contributed by atoms with Crippen molar-refractivity contribution < 1.29 is 14.0 Å². The number of hydrogen-bond acceptors (Lipinski definition) is 5. The molecule has 0 saturated carbocycles. The molecule has 1 aromatic heterocycles. The number of thiazole rings is 1. The highest BCUT2D eigenvalue weighted by Crippen LogP contribution is 2.37. The number of anilines is 2. The monoisotopic (exact) mass is 634 g/mol. The van der Waals surface area contributed by atoms with Crippen molar-refractivity contribution in [1.82, 2.24) is 4.57 Å². The molecule has 0 unspecified atom stereocenters. The van der Waals surface area contributed by atoms with Crippen LogP contribution in [0.1, 0.15) is 29.7 Å². The number of carbonyl (C=O) groups is 2. The van der Waals surface area contributed by atoms with Gasteiger partial charge < -0.3 is 10.2 Å². The normalized spacial score (nSPS) is 16.7. The number of hydrogen-bond donors (Lipinski definition) is 1. The van der Waals surface area contributed by atoms with Gasteiger partial charge in [-0.05, 0) is 54.4 Å². The van der Waals surface area contributed by atoms with Crippen LogP contribution in [0.2, 0.25) is 5.02 Å². The zero-order valence-corrected chi connectivity index (χ0v) is 25.4. The summed E-state index contributed by atoms with van der Waals surface area (Å²) in [4.78, 5) is 49.0. The summed E-state index contributed by atoms with van der Waals surface area (Å²) in [5.74, 6) is -1.23. The molecule has 4 aromatic carbocycles. The van der Waals surface area contributed by atoms with Gasteiger partial charge in [0, 0.05) is 16.3 Å². The Morgan fingerprint density at radius 1 is 0.933 bits per heavy atom. The molecule has 1 N–H and O–H groups in total. The standard InChI is InChI=1S/C35H24ClFN4O3S/c1-20-28(32(42)39-24-10-3-2-4-11-24)30(21-15-17-23(37)18-16-21)41-34(44)31(45-35(41)38-20)29-25-12-6-8-14-27(25)40(33(29)43)19-22-9-5-7-13-26(22)36/h2-18,30H,19H2,1H3,(H,39,42)/b31-29+/t30-/m1/s1. The molecule has 45 heavy (non-hydrogen) atoms. The number of aromatic nitrogens is 1. The minimum atomic E-state index is -0.911. The molecule has 3 heterocycles. The predicted molar refractivity (Wildman–Crippen MR) is 173 cm³/mol. The van der Waals surface area contributed by atoms with E-state index >= 15 is 0 Å². The second kappa shape index (κ2) is 11.4. The van der Waals surface area contributed by atoms with E-state index in [-0.39, 0.29) is 28.1 Å². The lowest BCUT2D eigenvalue weighted by Gasteiger charge is -2.25. The van der Waals surface area contributed by atoms with Crippen LogP contribution in [0, 0.1) is 5.82 Å². The van der Waals surface area contributed by atoms with E-state index in [0.717, 1.165) is 16.9 Å². The molecular weight excluding hydrogens is 611 g/mol. The molecule has 1 atom stereocenters. The molecule has 7 rings (SSSR count). The van der Waals surface area contributed by atoms with Crippen molar-refractivity contribution in [3.05, 3.63) is 162 Å². The molecule has 222 valence electrons. The molecular formula is C35H24ClFN4O3S. The zero-order chi connectivity index (χ0) is 31.2. The number of nitrogens with one attached hydrogen (secondary N) is 1. The van der Waals surface area contributed by atoms with Crippen LogP contribution >= 0.6 is 22.9 Å². The maximum atomic E-state index is 14.4. The number of rotatable bonds is 5. The van der Waals surface area contributed by atoms with Gasteiger partial charge in [0.05, 0.1) is 35.1 Å². The number of nitrogens with zero attached hydrogens (tertiary/aromatic N) is 3. The molecule has 0 spiro atoms. The van der Waals surface area contributed by atoms with Gasteiger partial charge in [0.2, 0.25) is 0 Å². The second-order valence-corrected chi connectivity index (χ2v) is 12.0. The SMILES string of the molecule is CC1=C(C(=O)Nc2ccccc2)[C@@H](c2ccc(F)cc2)n2c(s/c(=C3/C(=O)N(Cc4ccccc4Cl)c4ccccc43)c2=O)=N1. The van der Waals surface area contributed by atoms with Crippen molar-refractivity contribution in [2.75, 3.05) is 10.2 Å². The Kier molecular flexibility index (Phi) is 7.27. The van der Waals surface area contributed by atoms with E-state index in [1.807, 2.05) is 48.5 Å². The number of carbonyl (C=O) groups excluding carboxylic acids is 2. The summed E-state index contributed by atoms with van der Waals surface area (Å²) in [5, 5.41) is 3.43. The lowest BCUT2D eigenvalue weighted by Crippen LogP contribution is -2.41. The van der Waals surface area contributed by atoms with Crippen LogP contribution in [0.25, 0.3) is 5.57 Å². The molecule has 0 fully saturated rings. The molecule has 7 nitrogen and oxygen atoms in total. The van der Waals surface area contributed by atoms with Gasteiger partial charge in [0.1, 0.15) is 10.3 Å². The van der Waals surface area contributed by atoms with Gasteiger partial charge in [-0.3, -0.25) is 19.0 Å². The smallest absolute Gasteiger partial charge is 0.271 e. The Hall–Kier alpha value is -5.12. The fourth-order valence-electron chi connectivity index (χ4n) is 5.80. The van der Waals surface area contributed by atoms with Crippen LogP contribution < -0.4 is 25.1 Å². The van der Waals surface area contributed by atoms with Gasteiger partial charge >= 0.3 is 0 Å². The highest BCUT2D eigenvalue weighted by Gasteiger charge is 2.37. The van der Waals surface area contributed by atoms with Crippen molar-refractivity contribution >= 4 is 51.7 Å². The fourth-order valence-corrected chi connectivity index (χ4v) is 7.13. The molecule has 0 aliphatic carbocycles. The summed E-state index contributed by atoms with van der Waals surface area (Å²) in [5.41, 5.74) is 3.60. The number of benzene rings is 4. The molecule has 2 aliphatic rings. The van der Waals surface area contributed by atoms with Gasteiger partial charge in [0.15, 0.2) is 4.80 Å². The molecule has 0 radical (unpaired) electrons. The van der Waals surface area contributed by atoms with E-state index in [1.54, 1.807) is 54.3 Å². The van der Waals surface area contributed by atoms with Gasteiger partial charge in [-0.1, -0.05) is 89.7 Å². The molecule has 10 heteroatoms. The quantitative estimate of drug-likeness (QED) is 0.274. The number of halogens is 2. The fraction of sp³-hybridized carbons (Fsp3) is 0.0857. The first-order valence-corrected chi connectivity index (χ1v) is 15.3. The number of amides is 2. The Bertz CT molecular complexity index is 2230. The number of fused-ring (bicyclic) bond motifs is 2. The molecule has 0 saturated heterocycles. The third-order valence-corrected chi connectivity index (χ3v) is 9.32. The zero-order valence-electron chi connectivity index (χ0n) is 23.8. The Morgan fingerprint density at radius 3 is 2.38 bits per heavy atom. The van der Waals surface area contributed by atoms with Gasteiger partial charge in [-0.25, -0.2) is 9.38 Å². The summed E-state index contributed by atoms with van der Waals surface area (Å²) < 4.78 is 15.7. The second-order valence-electron chi connectivity index (χ2n) is 10.6. The van der Waals surface area contributed by atoms with Crippen molar-refractivity contribution in [3.63, 3.8) is 0 Å². The summed E-state index contributed by atoms with van der Waals surface area (Å²) >= 11 is 7.54. The number of allylic oxidation sites excluding steroid dienone is 1. The highest BCUT2D eigenvalue weighted by atomic mass is 35.5. The molecule has 5 aromatic rings. The van der Waals surface area contributed by atoms with E-state index in [2.05, 4.69) is 10.3 Å². The largest absolute Gasteiger partial charge is 0.322 e. The van der Waals surface area contributed by atoms with E-state index in [0.29, 0.717) is 38.0 Å². The average molecular weight is 635 g/mol. The van der Waals surface area contributed by atoms with E-state index < -0.39 is 23.3 Å². The summed E-state index contributed by atoms with van der Waals surface area (Å²) in [6, 6.07) is 28.4. The molecule has 0 bridgehead atoms. The van der Waals surface area contributed by atoms with Crippen molar-refractivity contribution in [3.8, 4) is 0 Å². The third-order valence-electron chi connectivity index (χ3n) is 7.90. The summed E-state index contributed by atoms with van der Waals surface area (Å²) in [7, 11) is 0. The van der Waals surface area contributed by atoms with Gasteiger partial charge in [0.25, 0.3) is 17.4 Å². The van der Waals surface area contributed by atoms with Gasteiger partial charge in [-0.15, -0.1) is 0 Å². The lowest BCUT2D eigenvalue weighted by molar-refractivity contribution is -0.114. The summed E-state index contributed by atoms with van der Waals surface area (Å²) in [6.07, 6.45) is 0. The van der Waals surface area contributed by atoms with E-state index in [1.165, 1.54) is 16.7 Å². The maximum Gasteiger partial charge on any atom is 0.271 e. The van der Waals surface area contributed by atoms with Crippen molar-refractivity contribution in [2.45, 2.75) is 19.5 Å². The highest BCUT2D eigenvalue weighted by molar-refractivity contribution is 7.07. The molecule has 2 aliphatic heterocycles. The third kappa shape index (κ3) is 5.00. The number of para-hydroxylation sites is 2. The van der Waals surface area contributed by atoms with Crippen LogP contribution in [0.4, 0.5) is 15.8 Å². The van der Waals surface area contributed by atoms with Crippen LogP contribution in [0.15, 0.2) is 124 Å². The van der Waals surface area contributed by atoms with Gasteiger partial charge in [-0.2, -0.15) is 0 Å². The Labute approximate surface area is 265 Å². The minimum Gasteiger partial charge on any atom is -0.322 e. The first-order chi connectivity index (χ1) is 21.8. The maximum absolute atomic E-state index is 14.4.